The summed E-state index contributed by atoms with van der Waals surface area (Å²) in [6.07, 6.45) is 5.62. The Morgan fingerprint density at radius 3 is 2.64 bits per heavy atom. The molecule has 1 aliphatic heterocycles. The maximum absolute atomic E-state index is 12.7. The molecule has 0 bridgehead atoms. The van der Waals surface area contributed by atoms with Gasteiger partial charge in [-0.15, -0.1) is 5.73 Å². The van der Waals surface area contributed by atoms with Crippen molar-refractivity contribution in [2.75, 3.05) is 30.8 Å². The fourth-order valence-electron chi connectivity index (χ4n) is 4.81. The number of likely N-dealkylation sites (tertiary alicyclic amines) is 1. The number of aromatic amines is 1. The topological polar surface area (TPSA) is 85.9 Å². The Labute approximate surface area is 210 Å². The minimum absolute atomic E-state index is 0.174. The maximum atomic E-state index is 12.7. The van der Waals surface area contributed by atoms with Crippen LogP contribution in [0.15, 0.2) is 83.7 Å². The zero-order valence-corrected chi connectivity index (χ0v) is 20.6. The van der Waals surface area contributed by atoms with Crippen molar-refractivity contribution in [3.63, 3.8) is 0 Å². The molecule has 0 saturated carbocycles. The molecule has 5 rings (SSSR count). The third-order valence-electron chi connectivity index (χ3n) is 6.94. The van der Waals surface area contributed by atoms with Gasteiger partial charge in [-0.05, 0) is 73.0 Å². The van der Waals surface area contributed by atoms with Crippen LogP contribution in [0.4, 0.5) is 17.3 Å². The number of nitrogens with zero attached hydrogens (tertiary/aromatic N) is 3. The van der Waals surface area contributed by atoms with Gasteiger partial charge in [0.25, 0.3) is 5.56 Å². The zero-order chi connectivity index (χ0) is 25.1. The lowest BCUT2D eigenvalue weighted by Gasteiger charge is -2.33. The molecule has 3 N–H and O–H groups in total. The molecular weight excluding hydrogens is 448 g/mol. The number of nitrogens with one attached hydrogen (secondary N) is 3. The largest absolute Gasteiger partial charge is 0.373 e. The van der Waals surface area contributed by atoms with Gasteiger partial charge < -0.3 is 20.5 Å². The first-order chi connectivity index (χ1) is 17.6. The standard InChI is InChI=1S/C29H30N6O/c1-4-19(2)35-15-11-21(12-16-35)20-5-7-24(8-6-20)33-28-27-23(10-14-32-29(27)36)17-25(34-28)22-9-13-31-26(18-22)30-3/h5-10,13-14,17-18,21H,1,11-12,15-16H2,2-3H3,(H,30,31)(H,32,36)(H,33,34). The molecule has 0 aliphatic carbocycles. The molecule has 0 radical (unpaired) electrons. The molecule has 0 atom stereocenters. The first-order valence-electron chi connectivity index (χ1n) is 12.2. The van der Waals surface area contributed by atoms with Gasteiger partial charge in [0.1, 0.15) is 11.6 Å². The van der Waals surface area contributed by atoms with Crippen molar-refractivity contribution < 1.29 is 0 Å². The van der Waals surface area contributed by atoms with E-state index in [0.29, 0.717) is 17.1 Å². The molecule has 0 unspecified atom stereocenters. The van der Waals surface area contributed by atoms with Crippen molar-refractivity contribution in [3.8, 4) is 11.3 Å². The lowest BCUT2D eigenvalue weighted by atomic mass is 9.89. The third-order valence-corrected chi connectivity index (χ3v) is 6.94. The van der Waals surface area contributed by atoms with Crippen LogP contribution in [-0.4, -0.2) is 40.0 Å². The molecular formula is C29H30N6O. The molecule has 7 nitrogen and oxygen atoms in total. The van der Waals surface area contributed by atoms with Crippen LogP contribution in [0.2, 0.25) is 0 Å². The van der Waals surface area contributed by atoms with Crippen molar-refractivity contribution in [1.82, 2.24) is 19.9 Å². The predicted octanol–water partition coefficient (Wildman–Crippen LogP) is 5.64. The monoisotopic (exact) mass is 478 g/mol. The molecule has 3 aromatic heterocycles. The number of hydrogen-bond donors (Lipinski definition) is 3. The van der Waals surface area contributed by atoms with Crippen LogP contribution in [-0.2, 0) is 0 Å². The molecule has 0 spiro atoms. The lowest BCUT2D eigenvalue weighted by molar-refractivity contribution is 0.264. The van der Waals surface area contributed by atoms with E-state index in [0.717, 1.165) is 59.8 Å². The number of allylic oxidation sites excluding steroid dienone is 1. The third kappa shape index (κ3) is 4.74. The Balaban J connectivity index is 1.43. The maximum Gasteiger partial charge on any atom is 0.259 e. The number of pyridine rings is 3. The highest BCUT2D eigenvalue weighted by atomic mass is 16.1. The summed E-state index contributed by atoms with van der Waals surface area (Å²) in [5, 5.41) is 7.81. The van der Waals surface area contributed by atoms with Gasteiger partial charge >= 0.3 is 0 Å². The SMILES string of the molecule is C=C=C(C)N1CCC(c2ccc(Nc3nc(-c4ccnc(NC)c4)cc4cc[nH]c(=O)c34)cc2)CC1. The summed E-state index contributed by atoms with van der Waals surface area (Å²) in [6, 6.07) is 16.2. The molecule has 4 heterocycles. The van der Waals surface area contributed by atoms with Crippen LogP contribution in [0.3, 0.4) is 0 Å². The van der Waals surface area contributed by atoms with Crippen molar-refractivity contribution in [2.24, 2.45) is 0 Å². The van der Waals surface area contributed by atoms with Crippen LogP contribution >= 0.6 is 0 Å². The van der Waals surface area contributed by atoms with Gasteiger partial charge in [0, 0.05) is 43.8 Å². The quantitative estimate of drug-likeness (QED) is 0.311. The van der Waals surface area contributed by atoms with E-state index in [1.54, 1.807) is 12.4 Å². The van der Waals surface area contributed by atoms with Crippen LogP contribution in [0.1, 0.15) is 31.2 Å². The van der Waals surface area contributed by atoms with Crippen molar-refractivity contribution in [2.45, 2.75) is 25.7 Å². The molecule has 4 aromatic rings. The van der Waals surface area contributed by atoms with Crippen molar-refractivity contribution >= 4 is 28.1 Å². The molecule has 1 aliphatic rings. The molecule has 36 heavy (non-hydrogen) atoms. The summed E-state index contributed by atoms with van der Waals surface area (Å²) in [6.45, 7) is 7.88. The van der Waals surface area contributed by atoms with Crippen molar-refractivity contribution in [3.05, 3.63) is 94.8 Å². The van der Waals surface area contributed by atoms with E-state index in [2.05, 4.69) is 69.0 Å². The molecule has 1 aromatic carbocycles. The van der Waals surface area contributed by atoms with Gasteiger partial charge in [0.15, 0.2) is 0 Å². The minimum atomic E-state index is -0.174. The molecule has 182 valence electrons. The number of H-pyrrole nitrogens is 1. The average molecular weight is 479 g/mol. The van der Waals surface area contributed by atoms with Gasteiger partial charge in [0.2, 0.25) is 0 Å². The Morgan fingerprint density at radius 1 is 1.14 bits per heavy atom. The second-order valence-corrected chi connectivity index (χ2v) is 9.08. The molecule has 1 saturated heterocycles. The predicted molar refractivity (Wildman–Crippen MR) is 147 cm³/mol. The molecule has 1 fully saturated rings. The van der Waals surface area contributed by atoms with E-state index in [1.807, 2.05) is 31.3 Å². The van der Waals surface area contributed by atoms with E-state index >= 15 is 0 Å². The Bertz CT molecular complexity index is 1490. The highest BCUT2D eigenvalue weighted by Crippen LogP contribution is 2.32. The summed E-state index contributed by atoms with van der Waals surface area (Å²) < 4.78 is 0. The smallest absolute Gasteiger partial charge is 0.259 e. The Morgan fingerprint density at radius 2 is 1.92 bits per heavy atom. The minimum Gasteiger partial charge on any atom is -0.373 e. The van der Waals surface area contributed by atoms with Gasteiger partial charge in [-0.3, -0.25) is 4.79 Å². The Kier molecular flexibility index (Phi) is 6.56. The lowest BCUT2D eigenvalue weighted by Crippen LogP contribution is -2.31. The van der Waals surface area contributed by atoms with Crippen LogP contribution in [0.25, 0.3) is 22.0 Å². The van der Waals surface area contributed by atoms with Crippen LogP contribution in [0, 0.1) is 0 Å². The summed E-state index contributed by atoms with van der Waals surface area (Å²) in [5.41, 5.74) is 7.86. The molecule has 7 heteroatoms. The van der Waals surface area contributed by atoms with Gasteiger partial charge in [-0.1, -0.05) is 18.7 Å². The summed E-state index contributed by atoms with van der Waals surface area (Å²) in [5.74, 6) is 1.82. The first-order valence-corrected chi connectivity index (χ1v) is 12.2. The summed E-state index contributed by atoms with van der Waals surface area (Å²) >= 11 is 0. The van der Waals surface area contributed by atoms with Gasteiger partial charge in [-0.2, -0.15) is 0 Å². The molecule has 0 amide bonds. The normalized spacial score (nSPS) is 13.9. The Hall–Kier alpha value is -4.35. The van der Waals surface area contributed by atoms with Crippen molar-refractivity contribution in [1.29, 1.82) is 0 Å². The second-order valence-electron chi connectivity index (χ2n) is 9.08. The highest BCUT2D eigenvalue weighted by Gasteiger charge is 2.20. The number of fused-ring (bicyclic) bond motifs is 1. The van der Waals surface area contributed by atoms with E-state index in [9.17, 15) is 4.79 Å². The van der Waals surface area contributed by atoms with Gasteiger partial charge in [0.05, 0.1) is 16.8 Å². The first kappa shape index (κ1) is 23.4. The fraction of sp³-hybridized carbons (Fsp3) is 0.241. The summed E-state index contributed by atoms with van der Waals surface area (Å²) in [4.78, 5) is 27.0. The average Bonchev–Trinajstić information content (AvgIpc) is 2.93. The van der Waals surface area contributed by atoms with E-state index in [-0.39, 0.29) is 5.56 Å². The fourth-order valence-corrected chi connectivity index (χ4v) is 4.81. The highest BCUT2D eigenvalue weighted by molar-refractivity contribution is 5.95. The number of hydrogen-bond acceptors (Lipinski definition) is 6. The number of aromatic nitrogens is 3. The number of anilines is 3. The van der Waals surface area contributed by atoms with E-state index in [1.165, 1.54) is 5.56 Å². The van der Waals surface area contributed by atoms with E-state index in [4.69, 9.17) is 4.98 Å². The summed E-state index contributed by atoms with van der Waals surface area (Å²) in [7, 11) is 1.83. The zero-order valence-electron chi connectivity index (χ0n) is 20.6. The number of rotatable bonds is 6. The number of benzene rings is 1. The second kappa shape index (κ2) is 10.1. The van der Waals surface area contributed by atoms with Crippen LogP contribution < -0.4 is 16.2 Å². The van der Waals surface area contributed by atoms with E-state index < -0.39 is 0 Å². The van der Waals surface area contributed by atoms with Gasteiger partial charge in [-0.25, -0.2) is 9.97 Å². The number of piperidine rings is 1. The van der Waals surface area contributed by atoms with Crippen LogP contribution in [0.5, 0.6) is 0 Å².